The molecule has 0 saturated heterocycles. The van der Waals surface area contributed by atoms with Gasteiger partial charge in [0.1, 0.15) is 0 Å². The van der Waals surface area contributed by atoms with Crippen molar-refractivity contribution in [3.63, 3.8) is 0 Å². The number of rotatable bonds is 3. The van der Waals surface area contributed by atoms with Crippen LogP contribution in [-0.2, 0) is 4.79 Å². The van der Waals surface area contributed by atoms with E-state index in [4.69, 9.17) is 0 Å². The monoisotopic (exact) mass is 180 g/mol. The van der Waals surface area contributed by atoms with Crippen molar-refractivity contribution in [1.29, 1.82) is 0 Å². The number of hydrogen-bond donors (Lipinski definition) is 0. The number of carbonyl (C=O) groups is 1. The molecule has 0 spiro atoms. The van der Waals surface area contributed by atoms with Crippen molar-refractivity contribution in [2.45, 2.75) is 12.8 Å². The van der Waals surface area contributed by atoms with Gasteiger partial charge in [-0.1, -0.05) is 12.2 Å². The molecule has 0 aliphatic rings. The lowest BCUT2D eigenvalue weighted by Gasteiger charge is -1.79. The quantitative estimate of drug-likeness (QED) is 0.486. The van der Waals surface area contributed by atoms with Crippen LogP contribution in [0.1, 0.15) is 12.8 Å². The summed E-state index contributed by atoms with van der Waals surface area (Å²) in [7, 11) is 0. The van der Waals surface area contributed by atoms with E-state index in [-0.39, 0.29) is 4.69 Å². The SMILES string of the molecule is O=C(Br)CCC=S. The predicted octanol–water partition coefficient (Wildman–Crippen LogP) is 1.69. The van der Waals surface area contributed by atoms with Gasteiger partial charge in [0.25, 0.3) is 0 Å². The van der Waals surface area contributed by atoms with E-state index in [9.17, 15) is 4.79 Å². The van der Waals surface area contributed by atoms with Crippen LogP contribution < -0.4 is 0 Å². The first-order chi connectivity index (χ1) is 3.27. The van der Waals surface area contributed by atoms with Crippen LogP contribution in [0, 0.1) is 0 Å². The zero-order valence-electron chi connectivity index (χ0n) is 3.69. The van der Waals surface area contributed by atoms with E-state index in [0.717, 1.165) is 0 Å². The lowest BCUT2D eigenvalue weighted by molar-refractivity contribution is -0.110. The average molecular weight is 181 g/mol. The van der Waals surface area contributed by atoms with Crippen LogP contribution in [-0.4, -0.2) is 10.1 Å². The molecule has 1 nitrogen and oxygen atoms in total. The smallest absolute Gasteiger partial charge is 0.198 e. The van der Waals surface area contributed by atoms with Gasteiger partial charge in [0.15, 0.2) is 4.69 Å². The molecular formula is C4H5BrOS. The van der Waals surface area contributed by atoms with Gasteiger partial charge < -0.3 is 0 Å². The summed E-state index contributed by atoms with van der Waals surface area (Å²) < 4.78 is 0.0219. The second-order valence-corrected chi connectivity index (χ2v) is 2.28. The first kappa shape index (κ1) is 7.24. The minimum absolute atomic E-state index is 0.0219. The van der Waals surface area contributed by atoms with Gasteiger partial charge in [-0.25, -0.2) is 0 Å². The Balaban J connectivity index is 2.97. The fraction of sp³-hybridized carbons (Fsp3) is 0.500. The van der Waals surface area contributed by atoms with Gasteiger partial charge in [-0.2, -0.15) is 0 Å². The molecular weight excluding hydrogens is 176 g/mol. The number of thiocarbonyl (C=S) groups is 1. The molecule has 0 bridgehead atoms. The van der Waals surface area contributed by atoms with Crippen molar-refractivity contribution in [2.24, 2.45) is 0 Å². The Morgan fingerprint density at radius 1 is 1.86 bits per heavy atom. The minimum atomic E-state index is 0.0219. The lowest BCUT2D eigenvalue weighted by atomic mass is 10.4. The minimum Gasteiger partial charge on any atom is -0.287 e. The van der Waals surface area contributed by atoms with Crippen LogP contribution in [0.4, 0.5) is 0 Å². The highest BCUT2D eigenvalue weighted by molar-refractivity contribution is 9.18. The third-order valence-corrected chi connectivity index (χ3v) is 1.09. The Labute approximate surface area is 56.2 Å². The van der Waals surface area contributed by atoms with E-state index in [2.05, 4.69) is 28.1 Å². The molecule has 7 heavy (non-hydrogen) atoms. The summed E-state index contributed by atoms with van der Waals surface area (Å²) in [4.78, 5) is 10.1. The van der Waals surface area contributed by atoms with Crippen molar-refractivity contribution in [2.75, 3.05) is 0 Å². The third-order valence-electron chi connectivity index (χ3n) is 0.459. The molecule has 0 amide bonds. The van der Waals surface area contributed by atoms with E-state index in [1.54, 1.807) is 5.37 Å². The Morgan fingerprint density at radius 2 is 2.43 bits per heavy atom. The Kier molecular flexibility index (Phi) is 4.55. The second kappa shape index (κ2) is 4.40. The molecule has 0 atom stereocenters. The third kappa shape index (κ3) is 6.24. The summed E-state index contributed by atoms with van der Waals surface area (Å²) in [5.41, 5.74) is 0. The van der Waals surface area contributed by atoms with Crippen molar-refractivity contribution >= 4 is 38.2 Å². The molecule has 40 valence electrons. The van der Waals surface area contributed by atoms with Crippen molar-refractivity contribution < 1.29 is 4.79 Å². The van der Waals surface area contributed by atoms with Crippen LogP contribution in [0.5, 0.6) is 0 Å². The highest BCUT2D eigenvalue weighted by Gasteiger charge is 1.88. The van der Waals surface area contributed by atoms with Crippen LogP contribution >= 0.6 is 28.1 Å². The summed E-state index contributed by atoms with van der Waals surface area (Å²) in [5, 5.41) is 1.55. The molecule has 0 radical (unpaired) electrons. The maximum atomic E-state index is 10.1. The molecule has 0 aromatic rings. The Morgan fingerprint density at radius 3 is 2.57 bits per heavy atom. The first-order valence-electron chi connectivity index (χ1n) is 1.89. The molecule has 0 unspecified atom stereocenters. The normalized spacial score (nSPS) is 8.14. The molecule has 3 heteroatoms. The molecule has 0 aromatic heterocycles. The van der Waals surface area contributed by atoms with Crippen molar-refractivity contribution in [1.82, 2.24) is 0 Å². The predicted molar refractivity (Wildman–Crippen MR) is 36.8 cm³/mol. The van der Waals surface area contributed by atoms with Crippen LogP contribution in [0.2, 0.25) is 0 Å². The summed E-state index contributed by atoms with van der Waals surface area (Å²) in [6, 6.07) is 0. The van der Waals surface area contributed by atoms with E-state index >= 15 is 0 Å². The second-order valence-electron chi connectivity index (χ2n) is 1.06. The molecule has 0 saturated carbocycles. The molecule has 0 N–H and O–H groups in total. The van der Waals surface area contributed by atoms with Gasteiger partial charge >= 0.3 is 0 Å². The van der Waals surface area contributed by atoms with Gasteiger partial charge in [-0.3, -0.25) is 4.79 Å². The first-order valence-corrected chi connectivity index (χ1v) is 3.16. The maximum Gasteiger partial charge on any atom is 0.198 e. The standard InChI is InChI=1S/C4H5BrOS/c5-4(6)2-1-3-7/h3H,1-2H2. The Hall–Kier alpha value is 0.240. The summed E-state index contributed by atoms with van der Waals surface area (Å²) in [5.74, 6) is 0. The van der Waals surface area contributed by atoms with E-state index in [0.29, 0.717) is 12.8 Å². The zero-order chi connectivity index (χ0) is 5.70. The largest absolute Gasteiger partial charge is 0.287 e. The molecule has 0 fully saturated rings. The van der Waals surface area contributed by atoms with Gasteiger partial charge in [0.2, 0.25) is 0 Å². The maximum absolute atomic E-state index is 10.1. The number of hydrogen-bond acceptors (Lipinski definition) is 2. The Bertz CT molecular complexity index is 81.8. The molecule has 0 aliphatic carbocycles. The van der Waals surface area contributed by atoms with Gasteiger partial charge in [-0.05, 0) is 27.7 Å². The van der Waals surface area contributed by atoms with Crippen LogP contribution in [0.3, 0.4) is 0 Å². The van der Waals surface area contributed by atoms with E-state index < -0.39 is 0 Å². The lowest BCUT2D eigenvalue weighted by Crippen LogP contribution is -1.82. The average Bonchev–Trinajstić information content (AvgIpc) is 1.61. The highest BCUT2D eigenvalue weighted by Crippen LogP contribution is 1.93. The number of halogens is 1. The fourth-order valence-electron chi connectivity index (χ4n) is 0.172. The van der Waals surface area contributed by atoms with Crippen LogP contribution in [0.15, 0.2) is 0 Å². The molecule has 0 rings (SSSR count). The molecule has 0 heterocycles. The van der Waals surface area contributed by atoms with Crippen LogP contribution in [0.25, 0.3) is 0 Å². The van der Waals surface area contributed by atoms with Gasteiger partial charge in [-0.15, -0.1) is 0 Å². The zero-order valence-corrected chi connectivity index (χ0v) is 6.09. The van der Waals surface area contributed by atoms with Crippen molar-refractivity contribution in [3.05, 3.63) is 0 Å². The van der Waals surface area contributed by atoms with E-state index in [1.807, 2.05) is 0 Å². The fourth-order valence-corrected chi connectivity index (χ4v) is 0.519. The van der Waals surface area contributed by atoms with E-state index in [1.165, 1.54) is 0 Å². The summed E-state index contributed by atoms with van der Waals surface area (Å²) in [6.45, 7) is 0. The number of carbonyl (C=O) groups excluding carboxylic acids is 1. The summed E-state index contributed by atoms with van der Waals surface area (Å²) in [6.07, 6.45) is 1.21. The highest BCUT2D eigenvalue weighted by atomic mass is 79.9. The van der Waals surface area contributed by atoms with Crippen molar-refractivity contribution in [3.8, 4) is 0 Å². The van der Waals surface area contributed by atoms with Gasteiger partial charge in [0, 0.05) is 6.42 Å². The molecule has 0 aliphatic heterocycles. The topological polar surface area (TPSA) is 17.1 Å². The summed E-state index contributed by atoms with van der Waals surface area (Å²) >= 11 is 7.24. The molecule has 0 aromatic carbocycles. The van der Waals surface area contributed by atoms with Gasteiger partial charge in [0.05, 0.1) is 0 Å².